The summed E-state index contributed by atoms with van der Waals surface area (Å²) in [5, 5.41) is 10.7. The van der Waals surface area contributed by atoms with Crippen molar-refractivity contribution < 1.29 is 23.1 Å². The Morgan fingerprint density at radius 3 is 2.27 bits per heavy atom. The van der Waals surface area contributed by atoms with Gasteiger partial charge in [0.25, 0.3) is 0 Å². The first kappa shape index (κ1) is 13.5. The Hall–Kier alpha value is -1.46. The van der Waals surface area contributed by atoms with Gasteiger partial charge in [0.15, 0.2) is 0 Å². The van der Waals surface area contributed by atoms with Crippen LogP contribution in [0.15, 0.2) is 23.4 Å². The second-order valence-corrected chi connectivity index (χ2v) is 2.68. The number of carbonyl (C=O) groups is 1. The van der Waals surface area contributed by atoms with Crippen molar-refractivity contribution in [2.45, 2.75) is 19.5 Å². The topological polar surface area (TPSA) is 49.3 Å². The average molecular weight is 223 g/mol. The van der Waals surface area contributed by atoms with Gasteiger partial charge in [0, 0.05) is 7.05 Å². The Bertz CT molecular complexity index is 292. The number of hydrogen-bond acceptors (Lipinski definition) is 2. The fourth-order valence-electron chi connectivity index (χ4n) is 0.873. The summed E-state index contributed by atoms with van der Waals surface area (Å²) in [6, 6.07) is 0. The van der Waals surface area contributed by atoms with E-state index in [0.29, 0.717) is 6.08 Å². The first-order valence-corrected chi connectivity index (χ1v) is 4.23. The van der Waals surface area contributed by atoms with Crippen molar-refractivity contribution in [1.29, 1.82) is 0 Å². The Balaban J connectivity index is 5.14. The molecule has 0 fully saturated rings. The van der Waals surface area contributed by atoms with Gasteiger partial charge >= 0.3 is 12.1 Å². The molecule has 0 amide bonds. The molecule has 0 saturated carbocycles. The molecule has 0 aromatic rings. The molecular formula is C9H12F3NO2. The zero-order valence-corrected chi connectivity index (χ0v) is 8.35. The summed E-state index contributed by atoms with van der Waals surface area (Å²) < 4.78 is 37.0. The van der Waals surface area contributed by atoms with Crippen LogP contribution < -0.4 is 5.32 Å². The van der Waals surface area contributed by atoms with Crippen LogP contribution >= 0.6 is 0 Å². The van der Waals surface area contributed by atoms with Crippen molar-refractivity contribution in [1.82, 2.24) is 5.32 Å². The van der Waals surface area contributed by atoms with Crippen LogP contribution in [-0.2, 0) is 4.79 Å². The van der Waals surface area contributed by atoms with Gasteiger partial charge in [0.05, 0.1) is 5.57 Å². The van der Waals surface area contributed by atoms with Gasteiger partial charge in [-0.1, -0.05) is 13.0 Å². The van der Waals surface area contributed by atoms with Gasteiger partial charge in [-0.2, -0.15) is 13.2 Å². The van der Waals surface area contributed by atoms with Crippen molar-refractivity contribution in [3.05, 3.63) is 23.4 Å². The molecule has 3 nitrogen and oxygen atoms in total. The van der Waals surface area contributed by atoms with Crippen LogP contribution in [0.25, 0.3) is 0 Å². The van der Waals surface area contributed by atoms with E-state index < -0.39 is 23.4 Å². The third kappa shape index (κ3) is 4.53. The van der Waals surface area contributed by atoms with E-state index in [0.717, 1.165) is 6.08 Å². The predicted molar refractivity (Wildman–Crippen MR) is 49.2 cm³/mol. The number of alkyl halides is 3. The highest BCUT2D eigenvalue weighted by molar-refractivity contribution is 5.86. The largest absolute Gasteiger partial charge is 0.477 e. The van der Waals surface area contributed by atoms with E-state index in [1.165, 1.54) is 7.05 Å². The molecule has 86 valence electrons. The van der Waals surface area contributed by atoms with Gasteiger partial charge < -0.3 is 10.4 Å². The van der Waals surface area contributed by atoms with Gasteiger partial charge in [-0.25, -0.2) is 4.79 Å². The number of rotatable bonds is 4. The third-order valence-corrected chi connectivity index (χ3v) is 1.55. The van der Waals surface area contributed by atoms with Crippen LogP contribution in [0.2, 0.25) is 0 Å². The Kier molecular flexibility index (Phi) is 4.90. The zero-order chi connectivity index (χ0) is 12.1. The van der Waals surface area contributed by atoms with E-state index in [-0.39, 0.29) is 6.42 Å². The van der Waals surface area contributed by atoms with Crippen molar-refractivity contribution in [3.8, 4) is 0 Å². The minimum Gasteiger partial charge on any atom is -0.477 e. The second kappa shape index (κ2) is 5.43. The van der Waals surface area contributed by atoms with Crippen LogP contribution in [0.5, 0.6) is 0 Å². The van der Waals surface area contributed by atoms with Gasteiger partial charge in [-0.05, 0) is 12.5 Å². The van der Waals surface area contributed by atoms with Crippen LogP contribution in [0, 0.1) is 0 Å². The highest BCUT2D eigenvalue weighted by Gasteiger charge is 2.32. The van der Waals surface area contributed by atoms with Crippen molar-refractivity contribution in [2.24, 2.45) is 0 Å². The summed E-state index contributed by atoms with van der Waals surface area (Å²) in [5.41, 5.74) is -1.45. The molecule has 0 rings (SSSR count). The van der Waals surface area contributed by atoms with Gasteiger partial charge in [-0.15, -0.1) is 0 Å². The normalized spacial score (nSPS) is 13.9. The van der Waals surface area contributed by atoms with Crippen molar-refractivity contribution >= 4 is 5.97 Å². The lowest BCUT2D eigenvalue weighted by molar-refractivity contribution is -0.133. The van der Waals surface area contributed by atoms with Gasteiger partial charge in [-0.3, -0.25) is 0 Å². The maximum atomic E-state index is 12.3. The highest BCUT2D eigenvalue weighted by atomic mass is 19.4. The number of nitrogens with one attached hydrogen (secondary N) is 1. The number of allylic oxidation sites excluding steroid dienone is 3. The molecule has 0 saturated heterocycles. The maximum Gasteiger partial charge on any atom is 0.416 e. The summed E-state index contributed by atoms with van der Waals surface area (Å²) in [4.78, 5) is 10.5. The van der Waals surface area contributed by atoms with E-state index >= 15 is 0 Å². The van der Waals surface area contributed by atoms with E-state index in [4.69, 9.17) is 5.11 Å². The molecule has 0 heterocycles. The smallest absolute Gasteiger partial charge is 0.416 e. The molecule has 0 aliphatic carbocycles. The summed E-state index contributed by atoms with van der Waals surface area (Å²) in [5.74, 6) is -1.43. The highest BCUT2D eigenvalue weighted by Crippen LogP contribution is 2.27. The van der Waals surface area contributed by atoms with E-state index in [1.54, 1.807) is 6.92 Å². The molecule has 0 aromatic heterocycles. The van der Waals surface area contributed by atoms with Crippen LogP contribution in [0.1, 0.15) is 13.3 Å². The predicted octanol–water partition coefficient (Wildman–Crippen LogP) is 2.07. The molecule has 0 atom stereocenters. The third-order valence-electron chi connectivity index (χ3n) is 1.55. The van der Waals surface area contributed by atoms with Crippen LogP contribution in [0.3, 0.4) is 0 Å². The van der Waals surface area contributed by atoms with E-state index in [2.05, 4.69) is 5.32 Å². The lowest BCUT2D eigenvalue weighted by Gasteiger charge is -2.09. The monoisotopic (exact) mass is 223 g/mol. The van der Waals surface area contributed by atoms with Crippen LogP contribution in [-0.4, -0.2) is 24.3 Å². The molecule has 0 unspecified atom stereocenters. The second-order valence-electron chi connectivity index (χ2n) is 2.68. The molecule has 2 N–H and O–H groups in total. The fraction of sp³-hybridized carbons (Fsp3) is 0.444. The first-order chi connectivity index (χ1) is 6.82. The Labute approximate surface area is 85.3 Å². The first-order valence-electron chi connectivity index (χ1n) is 4.23. The molecule has 0 spiro atoms. The van der Waals surface area contributed by atoms with Crippen molar-refractivity contribution in [2.75, 3.05) is 7.05 Å². The number of carboxylic acids is 1. The summed E-state index contributed by atoms with van der Waals surface area (Å²) in [6.45, 7) is 1.54. The SMILES string of the molecule is CC/C=C(/C=C(\NC)C(=O)O)C(F)(F)F. The molecule has 15 heavy (non-hydrogen) atoms. The molecular weight excluding hydrogens is 211 g/mol. The summed E-state index contributed by atoms with van der Waals surface area (Å²) >= 11 is 0. The summed E-state index contributed by atoms with van der Waals surface area (Å²) in [6.07, 6.45) is -2.85. The quantitative estimate of drug-likeness (QED) is 0.566. The van der Waals surface area contributed by atoms with E-state index in [9.17, 15) is 18.0 Å². The number of aliphatic carboxylic acids is 1. The van der Waals surface area contributed by atoms with Gasteiger partial charge in [0.2, 0.25) is 0 Å². The molecule has 0 aliphatic rings. The molecule has 0 radical (unpaired) electrons. The molecule has 6 heteroatoms. The molecule has 0 aromatic carbocycles. The average Bonchev–Trinajstić information content (AvgIpc) is 2.09. The maximum absolute atomic E-state index is 12.3. The summed E-state index contributed by atoms with van der Waals surface area (Å²) in [7, 11) is 1.25. The minimum absolute atomic E-state index is 0.182. The fourth-order valence-corrected chi connectivity index (χ4v) is 0.873. The lowest BCUT2D eigenvalue weighted by atomic mass is 10.2. The minimum atomic E-state index is -4.53. The zero-order valence-electron chi connectivity index (χ0n) is 8.35. The number of likely N-dealkylation sites (N-methyl/N-ethyl adjacent to an activating group) is 1. The number of carboxylic acid groups (broad SMARTS) is 1. The molecule has 0 bridgehead atoms. The standard InChI is InChI=1S/C9H12F3NO2/c1-3-4-6(9(10,11)12)5-7(13-2)8(14)15/h4-5,13H,3H2,1-2H3,(H,14,15)/b6-4-,7-5-. The van der Waals surface area contributed by atoms with Gasteiger partial charge in [0.1, 0.15) is 5.70 Å². The van der Waals surface area contributed by atoms with E-state index in [1.807, 2.05) is 0 Å². The Morgan fingerprint density at radius 2 is 2.00 bits per heavy atom. The lowest BCUT2D eigenvalue weighted by Crippen LogP contribution is -2.18. The van der Waals surface area contributed by atoms with Crippen LogP contribution in [0.4, 0.5) is 13.2 Å². The Morgan fingerprint density at radius 1 is 1.47 bits per heavy atom. The number of hydrogen-bond donors (Lipinski definition) is 2. The number of halogens is 3. The molecule has 0 aliphatic heterocycles. The van der Waals surface area contributed by atoms with Crippen molar-refractivity contribution in [3.63, 3.8) is 0 Å².